The molecule has 2 aliphatic heterocycles. The van der Waals surface area contributed by atoms with Crippen molar-refractivity contribution in [2.45, 2.75) is 45.5 Å². The number of amides is 2. The standard InChI is InChI=1S/C24H28F3N5O4/c1-23(2,14-33)13-29-20(34)17-11-28-21(30-19(17)24(25,26)27)31-9-7-16(8-10-31)32-18-6-4-3-5-15(18)12-36-22(32)35/h3-6,11,16,33H,7-10,12-14H2,1-2H3,(H,29,34). The summed E-state index contributed by atoms with van der Waals surface area (Å²) in [6.07, 6.45) is -3.46. The summed E-state index contributed by atoms with van der Waals surface area (Å²) in [5.74, 6) is -1.09. The molecule has 0 atom stereocenters. The van der Waals surface area contributed by atoms with E-state index in [4.69, 9.17) is 4.74 Å². The molecule has 2 N–H and O–H groups in total. The van der Waals surface area contributed by atoms with Gasteiger partial charge in [0.05, 0.1) is 11.3 Å². The summed E-state index contributed by atoms with van der Waals surface area (Å²) in [5.41, 5.74) is -1.01. The molecule has 0 saturated carbocycles. The Hall–Kier alpha value is -3.41. The van der Waals surface area contributed by atoms with E-state index in [0.717, 1.165) is 17.4 Å². The number of nitrogens with one attached hydrogen (secondary N) is 1. The molecule has 1 fully saturated rings. The highest BCUT2D eigenvalue weighted by Gasteiger charge is 2.40. The first-order chi connectivity index (χ1) is 17.0. The van der Waals surface area contributed by atoms with E-state index in [1.54, 1.807) is 23.6 Å². The van der Waals surface area contributed by atoms with E-state index in [1.807, 2.05) is 24.3 Å². The number of cyclic esters (lactones) is 1. The summed E-state index contributed by atoms with van der Waals surface area (Å²) in [4.78, 5) is 36.0. The van der Waals surface area contributed by atoms with Gasteiger partial charge in [0.1, 0.15) is 6.61 Å². The van der Waals surface area contributed by atoms with Crippen LogP contribution in [0.25, 0.3) is 0 Å². The predicted molar refractivity (Wildman–Crippen MR) is 125 cm³/mol. The molecule has 0 aliphatic carbocycles. The zero-order valence-electron chi connectivity index (χ0n) is 20.0. The Labute approximate surface area is 206 Å². The van der Waals surface area contributed by atoms with Gasteiger partial charge in [-0.05, 0) is 18.9 Å². The van der Waals surface area contributed by atoms with E-state index in [1.165, 1.54) is 0 Å². The second kappa shape index (κ2) is 9.92. The quantitative estimate of drug-likeness (QED) is 0.617. The van der Waals surface area contributed by atoms with E-state index in [-0.39, 0.29) is 31.7 Å². The fraction of sp³-hybridized carbons (Fsp3) is 0.500. The zero-order chi connectivity index (χ0) is 26.1. The highest BCUT2D eigenvalue weighted by atomic mass is 19.4. The number of carbonyl (C=O) groups excluding carboxylic acids is 2. The van der Waals surface area contributed by atoms with Crippen LogP contribution in [0.3, 0.4) is 0 Å². The number of alkyl halides is 3. The fourth-order valence-electron chi connectivity index (χ4n) is 4.22. The molecule has 2 aliphatic rings. The third kappa shape index (κ3) is 5.38. The lowest BCUT2D eigenvalue weighted by Gasteiger charge is -2.40. The van der Waals surface area contributed by atoms with Crippen LogP contribution < -0.4 is 15.1 Å². The molecule has 1 aromatic carbocycles. The molecule has 1 saturated heterocycles. The number of halogens is 3. The molecule has 0 spiro atoms. The van der Waals surface area contributed by atoms with Gasteiger partial charge in [-0.15, -0.1) is 0 Å². The largest absolute Gasteiger partial charge is 0.444 e. The summed E-state index contributed by atoms with van der Waals surface area (Å²) in [6.45, 7) is 3.93. The Balaban J connectivity index is 1.49. The van der Waals surface area contributed by atoms with E-state index < -0.39 is 34.8 Å². The minimum absolute atomic E-state index is 0.0169. The van der Waals surface area contributed by atoms with Gasteiger partial charge >= 0.3 is 12.3 Å². The number of para-hydroxylation sites is 1. The van der Waals surface area contributed by atoms with E-state index in [9.17, 15) is 27.9 Å². The molecule has 3 heterocycles. The molecule has 12 heteroatoms. The van der Waals surface area contributed by atoms with Crippen LogP contribution in [-0.2, 0) is 17.5 Å². The van der Waals surface area contributed by atoms with Crippen molar-refractivity contribution in [1.82, 2.24) is 15.3 Å². The van der Waals surface area contributed by atoms with Crippen LogP contribution in [0.2, 0.25) is 0 Å². The number of carbonyl (C=O) groups is 2. The summed E-state index contributed by atoms with van der Waals surface area (Å²) >= 11 is 0. The maximum absolute atomic E-state index is 13.8. The van der Waals surface area contributed by atoms with Gasteiger partial charge in [0.15, 0.2) is 5.69 Å². The summed E-state index contributed by atoms with van der Waals surface area (Å²) in [5, 5.41) is 11.7. The van der Waals surface area contributed by atoms with Gasteiger partial charge in [-0.1, -0.05) is 32.0 Å². The Bertz CT molecular complexity index is 1130. The van der Waals surface area contributed by atoms with Crippen molar-refractivity contribution in [2.75, 3.05) is 36.0 Å². The molecule has 194 valence electrons. The zero-order valence-corrected chi connectivity index (χ0v) is 20.0. The van der Waals surface area contributed by atoms with Gasteiger partial charge in [0, 0.05) is 49.5 Å². The average Bonchev–Trinajstić information content (AvgIpc) is 2.86. The lowest BCUT2D eigenvalue weighted by molar-refractivity contribution is -0.141. The fourth-order valence-corrected chi connectivity index (χ4v) is 4.22. The number of nitrogens with zero attached hydrogens (tertiary/aromatic N) is 4. The Kier molecular flexibility index (Phi) is 7.07. The maximum Gasteiger partial charge on any atom is 0.434 e. The Morgan fingerprint density at radius 3 is 2.58 bits per heavy atom. The van der Waals surface area contributed by atoms with Gasteiger partial charge in [0.25, 0.3) is 5.91 Å². The molecule has 36 heavy (non-hydrogen) atoms. The number of anilines is 2. The van der Waals surface area contributed by atoms with Crippen LogP contribution >= 0.6 is 0 Å². The van der Waals surface area contributed by atoms with Crippen LogP contribution in [0.4, 0.5) is 29.6 Å². The van der Waals surface area contributed by atoms with Crippen molar-refractivity contribution in [3.05, 3.63) is 47.3 Å². The molecule has 2 aromatic rings. The SMILES string of the molecule is CC(C)(CO)CNC(=O)c1cnc(N2CCC(N3C(=O)OCc4ccccc43)CC2)nc1C(F)(F)F. The van der Waals surface area contributed by atoms with Crippen LogP contribution in [0.5, 0.6) is 0 Å². The smallest absolute Gasteiger partial charge is 0.434 e. The predicted octanol–water partition coefficient (Wildman–Crippen LogP) is 3.37. The highest BCUT2D eigenvalue weighted by molar-refractivity contribution is 5.95. The normalized spacial score (nSPS) is 17.0. The highest BCUT2D eigenvalue weighted by Crippen LogP contribution is 2.34. The van der Waals surface area contributed by atoms with Gasteiger partial charge in [-0.3, -0.25) is 9.69 Å². The third-order valence-corrected chi connectivity index (χ3v) is 6.36. The van der Waals surface area contributed by atoms with Crippen LogP contribution in [-0.4, -0.2) is 59.4 Å². The van der Waals surface area contributed by atoms with Crippen molar-refractivity contribution in [3.63, 3.8) is 0 Å². The van der Waals surface area contributed by atoms with E-state index >= 15 is 0 Å². The van der Waals surface area contributed by atoms with Crippen molar-refractivity contribution >= 4 is 23.6 Å². The monoisotopic (exact) mass is 507 g/mol. The van der Waals surface area contributed by atoms with E-state index in [0.29, 0.717) is 25.9 Å². The minimum Gasteiger partial charge on any atom is -0.444 e. The number of piperidine rings is 1. The molecule has 9 nitrogen and oxygen atoms in total. The van der Waals surface area contributed by atoms with Crippen molar-refractivity contribution in [3.8, 4) is 0 Å². The molecule has 0 unspecified atom stereocenters. The molecular formula is C24H28F3N5O4. The first-order valence-electron chi connectivity index (χ1n) is 11.6. The number of fused-ring (bicyclic) bond motifs is 1. The number of aromatic nitrogens is 2. The van der Waals surface area contributed by atoms with Gasteiger partial charge in [-0.25, -0.2) is 14.8 Å². The molecule has 1 aromatic heterocycles. The molecular weight excluding hydrogens is 479 g/mol. The van der Waals surface area contributed by atoms with Crippen LogP contribution in [0.1, 0.15) is 48.3 Å². The van der Waals surface area contributed by atoms with Gasteiger partial charge < -0.3 is 20.1 Å². The average molecular weight is 508 g/mol. The molecule has 0 radical (unpaired) electrons. The second-order valence-electron chi connectivity index (χ2n) is 9.71. The molecule has 0 bridgehead atoms. The topological polar surface area (TPSA) is 108 Å². The summed E-state index contributed by atoms with van der Waals surface area (Å²) < 4.78 is 46.7. The Morgan fingerprint density at radius 2 is 1.92 bits per heavy atom. The lowest BCUT2D eigenvalue weighted by Crippen LogP contribution is -2.49. The third-order valence-electron chi connectivity index (χ3n) is 6.36. The number of benzene rings is 1. The number of hydrogen-bond acceptors (Lipinski definition) is 7. The second-order valence-corrected chi connectivity index (χ2v) is 9.71. The van der Waals surface area contributed by atoms with Crippen LogP contribution in [0.15, 0.2) is 30.5 Å². The van der Waals surface area contributed by atoms with Crippen molar-refractivity contribution in [1.29, 1.82) is 0 Å². The van der Waals surface area contributed by atoms with Gasteiger partial charge in [-0.2, -0.15) is 13.2 Å². The number of rotatable bonds is 6. The molecule has 2 amide bonds. The summed E-state index contributed by atoms with van der Waals surface area (Å²) in [6, 6.07) is 7.27. The molecule has 4 rings (SSSR count). The van der Waals surface area contributed by atoms with Crippen LogP contribution in [0, 0.1) is 5.41 Å². The minimum atomic E-state index is -4.86. The summed E-state index contributed by atoms with van der Waals surface area (Å²) in [7, 11) is 0. The number of ether oxygens (including phenoxy) is 1. The number of aliphatic hydroxyl groups is 1. The lowest BCUT2D eigenvalue weighted by atomic mass is 9.95. The maximum atomic E-state index is 13.8. The van der Waals surface area contributed by atoms with E-state index in [2.05, 4.69) is 15.3 Å². The number of hydrogen-bond donors (Lipinski definition) is 2. The van der Waals surface area contributed by atoms with Gasteiger partial charge in [0.2, 0.25) is 5.95 Å². The van der Waals surface area contributed by atoms with Crippen molar-refractivity contribution < 1.29 is 32.6 Å². The Morgan fingerprint density at radius 1 is 1.22 bits per heavy atom. The first-order valence-corrected chi connectivity index (χ1v) is 11.6. The number of aliphatic hydroxyl groups excluding tert-OH is 1. The first kappa shape index (κ1) is 25.7. The van der Waals surface area contributed by atoms with Crippen molar-refractivity contribution in [2.24, 2.45) is 5.41 Å².